The molecule has 0 bridgehead atoms. The van der Waals surface area contributed by atoms with Crippen LogP contribution in [0.25, 0.3) is 0 Å². The monoisotopic (exact) mass is 354 g/mol. The fourth-order valence-corrected chi connectivity index (χ4v) is 1.73. The molecule has 1 rings (SSSR count). The molecule has 0 fully saturated rings. The molecule has 0 aliphatic rings. The molecule has 1 N–H and O–H groups in total. The highest BCUT2D eigenvalue weighted by atomic mass is 19.4. The Kier molecular flexibility index (Phi) is 5.01. The Labute approximate surface area is 124 Å². The minimum absolute atomic E-state index is 0.00979. The van der Waals surface area contributed by atoms with E-state index in [2.05, 4.69) is 0 Å². The average Bonchev–Trinajstić information content (AvgIpc) is 2.44. The predicted octanol–water partition coefficient (Wildman–Crippen LogP) is 5.05. The molecule has 0 amide bonds. The van der Waals surface area contributed by atoms with Crippen molar-refractivity contribution >= 4 is 0 Å². The van der Waals surface area contributed by atoms with E-state index in [4.69, 9.17) is 0 Å². The zero-order valence-electron chi connectivity index (χ0n) is 11.4. The quantitative estimate of drug-likeness (QED) is 0.734. The van der Waals surface area contributed by atoms with Crippen LogP contribution in [0.4, 0.5) is 39.5 Å². The lowest BCUT2D eigenvalue weighted by Crippen LogP contribution is -2.59. The van der Waals surface area contributed by atoms with Gasteiger partial charge in [-0.1, -0.05) is 25.1 Å². The van der Waals surface area contributed by atoms with Crippen LogP contribution in [0.15, 0.2) is 24.3 Å². The molecule has 1 aromatic carbocycles. The highest BCUT2D eigenvalue weighted by Gasteiger charge is 2.82. The molecule has 1 unspecified atom stereocenters. The van der Waals surface area contributed by atoms with Gasteiger partial charge in [0.15, 0.2) is 0 Å². The molecule has 0 aliphatic carbocycles. The highest BCUT2D eigenvalue weighted by molar-refractivity contribution is 5.30. The molecule has 0 aliphatic heterocycles. The van der Waals surface area contributed by atoms with E-state index in [0.29, 0.717) is 0 Å². The number of hydrogen-bond acceptors (Lipinski definition) is 1. The summed E-state index contributed by atoms with van der Waals surface area (Å²) in [7, 11) is 0. The van der Waals surface area contributed by atoms with Gasteiger partial charge in [0.05, 0.1) is 6.10 Å². The lowest BCUT2D eigenvalue weighted by Gasteiger charge is -2.34. The van der Waals surface area contributed by atoms with Gasteiger partial charge in [-0.15, -0.1) is 0 Å². The van der Waals surface area contributed by atoms with Crippen LogP contribution in [0.2, 0.25) is 0 Å². The summed E-state index contributed by atoms with van der Waals surface area (Å²) in [5.74, 6) is -19.5. The normalized spacial score (nSPS) is 15.6. The topological polar surface area (TPSA) is 20.2 Å². The Morgan fingerprint density at radius 3 is 1.87 bits per heavy atom. The van der Waals surface area contributed by atoms with E-state index in [1.807, 2.05) is 0 Å². The molecule has 1 aromatic rings. The molecule has 10 heteroatoms. The minimum Gasteiger partial charge on any atom is -0.388 e. The van der Waals surface area contributed by atoms with E-state index in [-0.39, 0.29) is 24.1 Å². The molecule has 0 aromatic heterocycles. The first kappa shape index (κ1) is 19.6. The van der Waals surface area contributed by atoms with Gasteiger partial charge in [0.2, 0.25) is 0 Å². The summed E-state index contributed by atoms with van der Waals surface area (Å²) >= 11 is 0. The lowest BCUT2D eigenvalue weighted by atomic mass is 9.94. The average molecular weight is 354 g/mol. The molecule has 23 heavy (non-hydrogen) atoms. The van der Waals surface area contributed by atoms with Crippen molar-refractivity contribution in [2.45, 2.75) is 43.4 Å². The van der Waals surface area contributed by atoms with Crippen LogP contribution in [-0.2, 0) is 5.92 Å². The van der Waals surface area contributed by atoms with Crippen molar-refractivity contribution in [2.24, 2.45) is 0 Å². The third kappa shape index (κ3) is 3.13. The van der Waals surface area contributed by atoms with Crippen LogP contribution in [-0.4, -0.2) is 23.1 Å². The Hall–Kier alpha value is -1.45. The summed E-state index contributed by atoms with van der Waals surface area (Å²) in [6.45, 7) is 1.42. The SMILES string of the molecule is CCC(O)c1cccc(C(F)(F)C(F)(F)C(F)(F)C(F)(F)F)c1. The molecular formula is C13H11F9O. The van der Waals surface area contributed by atoms with Gasteiger partial charge in [0.1, 0.15) is 0 Å². The molecule has 0 spiro atoms. The Bertz CT molecular complexity index is 551. The second-order valence-electron chi connectivity index (χ2n) is 4.77. The number of alkyl halides is 9. The Morgan fingerprint density at radius 2 is 1.43 bits per heavy atom. The van der Waals surface area contributed by atoms with Gasteiger partial charge in [0.25, 0.3) is 0 Å². The zero-order chi connectivity index (χ0) is 18.3. The number of benzene rings is 1. The molecule has 0 saturated heterocycles. The summed E-state index contributed by atoms with van der Waals surface area (Å²) < 4.78 is 116. The van der Waals surface area contributed by atoms with Gasteiger partial charge in [-0.2, -0.15) is 39.5 Å². The second kappa shape index (κ2) is 5.88. The van der Waals surface area contributed by atoms with Crippen molar-refractivity contribution < 1.29 is 44.6 Å². The number of rotatable bonds is 5. The Balaban J connectivity index is 3.40. The first-order valence-electron chi connectivity index (χ1n) is 6.18. The zero-order valence-corrected chi connectivity index (χ0v) is 11.4. The van der Waals surface area contributed by atoms with Crippen molar-refractivity contribution in [3.8, 4) is 0 Å². The maximum absolute atomic E-state index is 13.7. The number of hydrogen-bond donors (Lipinski definition) is 1. The van der Waals surface area contributed by atoms with Crippen LogP contribution in [0.1, 0.15) is 30.6 Å². The molecule has 0 heterocycles. The first-order chi connectivity index (χ1) is 10.2. The van der Waals surface area contributed by atoms with E-state index < -0.39 is 35.6 Å². The largest absolute Gasteiger partial charge is 0.460 e. The van der Waals surface area contributed by atoms with Crippen molar-refractivity contribution in [2.75, 3.05) is 0 Å². The fourth-order valence-electron chi connectivity index (χ4n) is 1.73. The van der Waals surface area contributed by atoms with Crippen LogP contribution >= 0.6 is 0 Å². The number of aliphatic hydroxyl groups is 1. The van der Waals surface area contributed by atoms with Crippen LogP contribution in [0.3, 0.4) is 0 Å². The summed E-state index contributed by atoms with van der Waals surface area (Å²) in [5, 5.41) is 9.45. The van der Waals surface area contributed by atoms with Gasteiger partial charge in [-0.05, 0) is 18.1 Å². The smallest absolute Gasteiger partial charge is 0.388 e. The third-order valence-corrected chi connectivity index (χ3v) is 3.17. The first-order valence-corrected chi connectivity index (χ1v) is 6.18. The maximum Gasteiger partial charge on any atom is 0.460 e. The number of aliphatic hydroxyl groups excluding tert-OH is 1. The van der Waals surface area contributed by atoms with Crippen LogP contribution in [0.5, 0.6) is 0 Å². The summed E-state index contributed by atoms with van der Waals surface area (Å²) in [5.41, 5.74) is -2.06. The van der Waals surface area contributed by atoms with Crippen molar-refractivity contribution in [1.82, 2.24) is 0 Å². The molecular weight excluding hydrogens is 343 g/mol. The standard InChI is InChI=1S/C13H11F9O/c1-2-9(23)7-4-3-5-8(6-7)10(14,15)11(16,17)12(18,19)13(20,21)22/h3-6,9,23H,2H2,1H3. The van der Waals surface area contributed by atoms with Crippen molar-refractivity contribution in [1.29, 1.82) is 0 Å². The van der Waals surface area contributed by atoms with Gasteiger partial charge in [0, 0.05) is 5.56 Å². The lowest BCUT2D eigenvalue weighted by molar-refractivity contribution is -0.399. The molecule has 0 saturated carbocycles. The summed E-state index contributed by atoms with van der Waals surface area (Å²) in [6.07, 6.45) is -8.23. The van der Waals surface area contributed by atoms with E-state index in [1.165, 1.54) is 6.92 Å². The van der Waals surface area contributed by atoms with Gasteiger partial charge in [-0.25, -0.2) is 0 Å². The molecule has 0 radical (unpaired) electrons. The van der Waals surface area contributed by atoms with E-state index >= 15 is 0 Å². The van der Waals surface area contributed by atoms with E-state index in [0.717, 1.165) is 12.1 Å². The highest BCUT2D eigenvalue weighted by Crippen LogP contribution is 2.56. The fraction of sp³-hybridized carbons (Fsp3) is 0.538. The predicted molar refractivity (Wildman–Crippen MR) is 61.5 cm³/mol. The van der Waals surface area contributed by atoms with Gasteiger partial charge in [-0.3, -0.25) is 0 Å². The van der Waals surface area contributed by atoms with Gasteiger partial charge < -0.3 is 5.11 Å². The van der Waals surface area contributed by atoms with Crippen molar-refractivity contribution in [3.05, 3.63) is 35.4 Å². The third-order valence-electron chi connectivity index (χ3n) is 3.17. The Morgan fingerprint density at radius 1 is 0.913 bits per heavy atom. The minimum atomic E-state index is -6.94. The second-order valence-corrected chi connectivity index (χ2v) is 4.77. The van der Waals surface area contributed by atoms with Crippen LogP contribution < -0.4 is 0 Å². The maximum atomic E-state index is 13.7. The van der Waals surface area contributed by atoms with Crippen molar-refractivity contribution in [3.63, 3.8) is 0 Å². The molecule has 1 nitrogen and oxygen atoms in total. The van der Waals surface area contributed by atoms with Crippen LogP contribution in [0, 0.1) is 0 Å². The summed E-state index contributed by atoms with van der Waals surface area (Å²) in [4.78, 5) is 0. The van der Waals surface area contributed by atoms with E-state index in [9.17, 15) is 44.6 Å². The van der Waals surface area contributed by atoms with E-state index in [1.54, 1.807) is 0 Å². The summed E-state index contributed by atoms with van der Waals surface area (Å²) in [6, 6.07) is 2.35. The molecule has 1 atom stereocenters. The molecule has 132 valence electrons. The van der Waals surface area contributed by atoms with Gasteiger partial charge >= 0.3 is 23.9 Å². The number of halogens is 9.